The number of nitrogens with zero attached hydrogens (tertiary/aromatic N) is 1. The Bertz CT molecular complexity index is 550. The van der Waals surface area contributed by atoms with Crippen LogP contribution < -0.4 is 0 Å². The van der Waals surface area contributed by atoms with E-state index in [9.17, 15) is 10.2 Å². The predicted molar refractivity (Wildman–Crippen MR) is 72.2 cm³/mol. The number of rotatable bonds is 3. The molecule has 2 rings (SSSR count). The molecule has 0 radical (unpaired) electrons. The van der Waals surface area contributed by atoms with Crippen molar-refractivity contribution in [1.29, 1.82) is 0 Å². The monoisotopic (exact) mass is 241 g/mol. The number of phenolic OH excluding ortho intramolecular Hbond substituents is 2. The summed E-state index contributed by atoms with van der Waals surface area (Å²) in [7, 11) is 0. The Labute approximate surface area is 106 Å². The molecular formula is C15H15NO2. The maximum atomic E-state index is 9.62. The van der Waals surface area contributed by atoms with Crippen LogP contribution in [-0.2, 0) is 0 Å². The van der Waals surface area contributed by atoms with Gasteiger partial charge in [-0.05, 0) is 30.7 Å². The van der Waals surface area contributed by atoms with Crippen molar-refractivity contribution in [2.24, 2.45) is 4.99 Å². The van der Waals surface area contributed by atoms with Crippen LogP contribution in [0.4, 0.5) is 0 Å². The van der Waals surface area contributed by atoms with Crippen LogP contribution in [0, 0.1) is 0 Å². The van der Waals surface area contributed by atoms with Crippen molar-refractivity contribution in [1.82, 2.24) is 0 Å². The second-order valence-electron chi connectivity index (χ2n) is 4.11. The van der Waals surface area contributed by atoms with E-state index < -0.39 is 0 Å². The van der Waals surface area contributed by atoms with Crippen LogP contribution in [0.5, 0.6) is 11.5 Å². The van der Waals surface area contributed by atoms with Crippen molar-refractivity contribution in [3.63, 3.8) is 0 Å². The summed E-state index contributed by atoms with van der Waals surface area (Å²) in [5, 5.41) is 19.0. The highest BCUT2D eigenvalue weighted by atomic mass is 16.3. The van der Waals surface area contributed by atoms with Gasteiger partial charge in [0, 0.05) is 11.8 Å². The minimum absolute atomic E-state index is 0.00736. The van der Waals surface area contributed by atoms with Crippen molar-refractivity contribution in [2.45, 2.75) is 13.0 Å². The smallest absolute Gasteiger partial charge is 0.124 e. The first-order valence-corrected chi connectivity index (χ1v) is 5.77. The first kappa shape index (κ1) is 12.2. The first-order chi connectivity index (χ1) is 8.66. The number of aromatic hydroxyl groups is 2. The van der Waals surface area contributed by atoms with E-state index in [1.54, 1.807) is 6.21 Å². The van der Waals surface area contributed by atoms with Gasteiger partial charge in [0.15, 0.2) is 0 Å². The molecule has 18 heavy (non-hydrogen) atoms. The summed E-state index contributed by atoms with van der Waals surface area (Å²) >= 11 is 0. The van der Waals surface area contributed by atoms with Crippen molar-refractivity contribution in [3.8, 4) is 11.5 Å². The third-order valence-electron chi connectivity index (χ3n) is 2.73. The third kappa shape index (κ3) is 2.88. The SMILES string of the molecule is C[C@@H](N=Cc1cc(O)ccc1O)c1ccccc1. The van der Waals surface area contributed by atoms with Crippen molar-refractivity contribution in [2.75, 3.05) is 0 Å². The molecule has 2 N–H and O–H groups in total. The fraction of sp³-hybridized carbons (Fsp3) is 0.133. The van der Waals surface area contributed by atoms with E-state index in [0.717, 1.165) is 5.56 Å². The zero-order valence-electron chi connectivity index (χ0n) is 10.1. The standard InChI is InChI=1S/C15H15NO2/c1-11(12-5-3-2-4-6-12)16-10-13-9-14(17)7-8-15(13)18/h2-11,17-18H,1H3/t11-/m1/s1. The van der Waals surface area contributed by atoms with Crippen LogP contribution in [0.15, 0.2) is 53.5 Å². The third-order valence-corrected chi connectivity index (χ3v) is 2.73. The number of hydrogen-bond donors (Lipinski definition) is 2. The summed E-state index contributed by atoms with van der Waals surface area (Å²) in [5.41, 5.74) is 1.62. The second-order valence-corrected chi connectivity index (χ2v) is 4.11. The molecule has 2 aromatic rings. The molecule has 0 saturated carbocycles. The van der Waals surface area contributed by atoms with E-state index in [1.165, 1.54) is 18.2 Å². The van der Waals surface area contributed by atoms with Gasteiger partial charge < -0.3 is 10.2 Å². The molecule has 0 saturated heterocycles. The lowest BCUT2D eigenvalue weighted by Gasteiger charge is -2.06. The van der Waals surface area contributed by atoms with Gasteiger partial charge in [-0.1, -0.05) is 30.3 Å². The predicted octanol–water partition coefficient (Wildman–Crippen LogP) is 3.28. The quantitative estimate of drug-likeness (QED) is 0.640. The van der Waals surface area contributed by atoms with Crippen LogP contribution >= 0.6 is 0 Å². The highest BCUT2D eigenvalue weighted by Gasteiger charge is 2.03. The molecule has 0 aliphatic carbocycles. The normalized spacial score (nSPS) is 12.7. The summed E-state index contributed by atoms with van der Waals surface area (Å²) in [5.74, 6) is 0.221. The summed E-state index contributed by atoms with van der Waals surface area (Å²) in [6.45, 7) is 1.98. The molecule has 3 nitrogen and oxygen atoms in total. The average Bonchev–Trinajstić information content (AvgIpc) is 2.40. The van der Waals surface area contributed by atoms with Gasteiger partial charge in [0.05, 0.1) is 6.04 Å². The molecule has 0 unspecified atom stereocenters. The van der Waals surface area contributed by atoms with E-state index >= 15 is 0 Å². The van der Waals surface area contributed by atoms with Gasteiger partial charge in [0.25, 0.3) is 0 Å². The number of hydrogen-bond acceptors (Lipinski definition) is 3. The highest BCUT2D eigenvalue weighted by molar-refractivity contribution is 5.84. The van der Waals surface area contributed by atoms with Crippen LogP contribution in [0.2, 0.25) is 0 Å². The molecule has 0 spiro atoms. The van der Waals surface area contributed by atoms with E-state index in [-0.39, 0.29) is 17.5 Å². The number of aliphatic imine (C=N–C) groups is 1. The Kier molecular flexibility index (Phi) is 3.63. The maximum absolute atomic E-state index is 9.62. The van der Waals surface area contributed by atoms with Crippen molar-refractivity contribution in [3.05, 3.63) is 59.7 Å². The lowest BCUT2D eigenvalue weighted by atomic mass is 10.1. The van der Waals surface area contributed by atoms with Gasteiger partial charge in [0.1, 0.15) is 11.5 Å². The molecule has 0 amide bonds. The summed E-state index contributed by atoms with van der Waals surface area (Å²) < 4.78 is 0. The van der Waals surface area contributed by atoms with Gasteiger partial charge in [-0.3, -0.25) is 4.99 Å². The first-order valence-electron chi connectivity index (χ1n) is 5.77. The Hall–Kier alpha value is -2.29. The Balaban J connectivity index is 2.18. The van der Waals surface area contributed by atoms with Gasteiger partial charge in [-0.25, -0.2) is 0 Å². The number of benzene rings is 2. The van der Waals surface area contributed by atoms with Gasteiger partial charge in [-0.2, -0.15) is 0 Å². The maximum Gasteiger partial charge on any atom is 0.124 e. The molecule has 0 aliphatic rings. The molecule has 0 fully saturated rings. The number of phenols is 2. The van der Waals surface area contributed by atoms with Crippen LogP contribution in [0.3, 0.4) is 0 Å². The van der Waals surface area contributed by atoms with Gasteiger partial charge in [-0.15, -0.1) is 0 Å². The molecule has 3 heteroatoms. The highest BCUT2D eigenvalue weighted by Crippen LogP contribution is 2.22. The zero-order valence-corrected chi connectivity index (χ0v) is 10.1. The van der Waals surface area contributed by atoms with Crippen LogP contribution in [-0.4, -0.2) is 16.4 Å². The van der Waals surface area contributed by atoms with E-state index in [0.29, 0.717) is 5.56 Å². The van der Waals surface area contributed by atoms with Crippen LogP contribution in [0.1, 0.15) is 24.1 Å². The Morgan fingerprint density at radius 3 is 2.50 bits per heavy atom. The minimum atomic E-state index is 0.00736. The van der Waals surface area contributed by atoms with Crippen molar-refractivity contribution < 1.29 is 10.2 Å². The molecule has 0 aliphatic heterocycles. The summed E-state index contributed by atoms with van der Waals surface area (Å²) in [6.07, 6.45) is 1.58. The molecule has 92 valence electrons. The fourth-order valence-corrected chi connectivity index (χ4v) is 1.66. The average molecular weight is 241 g/mol. The molecule has 2 aromatic carbocycles. The van der Waals surface area contributed by atoms with Crippen LogP contribution in [0.25, 0.3) is 0 Å². The van der Waals surface area contributed by atoms with Gasteiger partial charge in [0.2, 0.25) is 0 Å². The van der Waals surface area contributed by atoms with E-state index in [4.69, 9.17) is 0 Å². The molecule has 0 bridgehead atoms. The summed E-state index contributed by atoms with van der Waals surface area (Å²) in [6, 6.07) is 14.3. The molecular weight excluding hydrogens is 226 g/mol. The summed E-state index contributed by atoms with van der Waals surface area (Å²) in [4.78, 5) is 4.37. The zero-order chi connectivity index (χ0) is 13.0. The van der Waals surface area contributed by atoms with E-state index in [1.807, 2.05) is 37.3 Å². The van der Waals surface area contributed by atoms with Crippen molar-refractivity contribution >= 4 is 6.21 Å². The largest absolute Gasteiger partial charge is 0.508 e. The molecule has 1 atom stereocenters. The molecule has 0 aromatic heterocycles. The van der Waals surface area contributed by atoms with Gasteiger partial charge >= 0.3 is 0 Å². The fourth-order valence-electron chi connectivity index (χ4n) is 1.66. The van der Waals surface area contributed by atoms with E-state index in [2.05, 4.69) is 4.99 Å². The Morgan fingerprint density at radius 2 is 1.78 bits per heavy atom. The lowest BCUT2D eigenvalue weighted by molar-refractivity contribution is 0.459. The lowest BCUT2D eigenvalue weighted by Crippen LogP contribution is -1.91. The topological polar surface area (TPSA) is 52.8 Å². The minimum Gasteiger partial charge on any atom is -0.508 e. The molecule has 0 heterocycles. The Morgan fingerprint density at radius 1 is 1.06 bits per heavy atom. The second kappa shape index (κ2) is 5.36.